The van der Waals surface area contributed by atoms with Gasteiger partial charge in [-0.3, -0.25) is 4.79 Å². The monoisotopic (exact) mass is 202 g/mol. The molecule has 1 aromatic rings. The lowest BCUT2D eigenvalue weighted by Gasteiger charge is -2.06. The van der Waals surface area contributed by atoms with Gasteiger partial charge in [-0.25, -0.2) is 9.97 Å². The van der Waals surface area contributed by atoms with Gasteiger partial charge in [-0.2, -0.15) is 0 Å². The van der Waals surface area contributed by atoms with Gasteiger partial charge in [0, 0.05) is 12.3 Å². The molecule has 1 heterocycles. The quantitative estimate of drug-likeness (QED) is 0.737. The normalized spacial score (nSPS) is 19.4. The number of hydrogen-bond donors (Lipinski definition) is 0. The second-order valence-corrected chi connectivity index (χ2v) is 4.40. The Bertz CT molecular complexity index is 435. The number of nitrogens with zero attached hydrogens (tertiary/aromatic N) is 2. The molecule has 2 aliphatic carbocycles. The highest BCUT2D eigenvalue weighted by molar-refractivity contribution is 6.00. The van der Waals surface area contributed by atoms with E-state index in [4.69, 9.17) is 0 Å². The van der Waals surface area contributed by atoms with Crippen LogP contribution in [-0.4, -0.2) is 15.8 Å². The molecular weight excluding hydrogens is 188 g/mol. The predicted molar refractivity (Wildman–Crippen MR) is 56.0 cm³/mol. The van der Waals surface area contributed by atoms with Crippen LogP contribution >= 0.6 is 0 Å². The van der Waals surface area contributed by atoms with Crippen molar-refractivity contribution >= 4 is 5.78 Å². The molecule has 0 amide bonds. The molecular formula is C12H14N2O. The predicted octanol–water partition coefficient (Wildman–Crippen LogP) is 2.05. The van der Waals surface area contributed by atoms with Crippen LogP contribution in [0.4, 0.5) is 0 Å². The molecule has 0 saturated heterocycles. The third kappa shape index (κ3) is 1.37. The Hall–Kier alpha value is -1.25. The minimum Gasteiger partial charge on any atom is -0.294 e. The topological polar surface area (TPSA) is 42.9 Å². The average Bonchev–Trinajstić information content (AvgIpc) is 3.03. The highest BCUT2D eigenvalue weighted by Crippen LogP contribution is 2.39. The molecule has 1 fully saturated rings. The second-order valence-electron chi connectivity index (χ2n) is 4.40. The lowest BCUT2D eigenvalue weighted by Crippen LogP contribution is -2.07. The van der Waals surface area contributed by atoms with Crippen molar-refractivity contribution in [1.82, 2.24) is 9.97 Å². The van der Waals surface area contributed by atoms with Gasteiger partial charge < -0.3 is 0 Å². The summed E-state index contributed by atoms with van der Waals surface area (Å²) in [4.78, 5) is 20.7. The van der Waals surface area contributed by atoms with E-state index in [1.165, 1.54) is 12.8 Å². The van der Waals surface area contributed by atoms with E-state index >= 15 is 0 Å². The molecule has 1 aromatic heterocycles. The fourth-order valence-electron chi connectivity index (χ4n) is 2.22. The smallest absolute Gasteiger partial charge is 0.166 e. The van der Waals surface area contributed by atoms with Crippen molar-refractivity contribution in [2.45, 2.75) is 44.9 Å². The first kappa shape index (κ1) is 9.01. The fourth-order valence-corrected chi connectivity index (χ4v) is 2.22. The SMILES string of the molecule is CCc1nc(C2CC2)nc2c1C(=O)CC2. The molecule has 3 rings (SSSR count). The summed E-state index contributed by atoms with van der Waals surface area (Å²) in [5.74, 6) is 1.81. The van der Waals surface area contributed by atoms with Gasteiger partial charge in [-0.1, -0.05) is 6.92 Å². The molecule has 0 atom stereocenters. The zero-order chi connectivity index (χ0) is 10.4. The maximum absolute atomic E-state index is 11.7. The first-order valence-electron chi connectivity index (χ1n) is 5.72. The maximum atomic E-state index is 11.7. The van der Waals surface area contributed by atoms with E-state index in [1.54, 1.807) is 0 Å². The molecule has 0 unspecified atom stereocenters. The number of hydrogen-bond acceptors (Lipinski definition) is 3. The molecule has 15 heavy (non-hydrogen) atoms. The van der Waals surface area contributed by atoms with Crippen LogP contribution in [0.5, 0.6) is 0 Å². The zero-order valence-corrected chi connectivity index (χ0v) is 8.92. The van der Waals surface area contributed by atoms with Crippen LogP contribution in [-0.2, 0) is 12.8 Å². The first-order valence-corrected chi connectivity index (χ1v) is 5.72. The number of rotatable bonds is 2. The van der Waals surface area contributed by atoms with E-state index in [9.17, 15) is 4.79 Å². The third-order valence-corrected chi connectivity index (χ3v) is 3.22. The molecule has 3 nitrogen and oxygen atoms in total. The van der Waals surface area contributed by atoms with Gasteiger partial charge in [0.2, 0.25) is 0 Å². The highest BCUT2D eigenvalue weighted by atomic mass is 16.1. The van der Waals surface area contributed by atoms with Crippen LogP contribution in [0, 0.1) is 0 Å². The molecule has 0 radical (unpaired) electrons. The van der Waals surface area contributed by atoms with Gasteiger partial charge in [0.1, 0.15) is 5.82 Å². The van der Waals surface area contributed by atoms with E-state index in [2.05, 4.69) is 16.9 Å². The molecule has 1 saturated carbocycles. The summed E-state index contributed by atoms with van der Waals surface area (Å²) in [6, 6.07) is 0. The Balaban J connectivity index is 2.14. The molecule has 0 bridgehead atoms. The van der Waals surface area contributed by atoms with Crippen LogP contribution in [0.1, 0.15) is 59.7 Å². The number of aromatic nitrogens is 2. The van der Waals surface area contributed by atoms with Gasteiger partial charge in [-0.15, -0.1) is 0 Å². The summed E-state index contributed by atoms with van der Waals surface area (Å²) in [6.45, 7) is 2.06. The van der Waals surface area contributed by atoms with E-state index in [0.29, 0.717) is 12.3 Å². The summed E-state index contributed by atoms with van der Waals surface area (Å²) in [6.07, 6.45) is 4.73. The van der Waals surface area contributed by atoms with Gasteiger partial charge in [0.25, 0.3) is 0 Å². The highest BCUT2D eigenvalue weighted by Gasteiger charge is 2.31. The van der Waals surface area contributed by atoms with Crippen molar-refractivity contribution in [3.8, 4) is 0 Å². The minimum absolute atomic E-state index is 0.240. The summed E-state index contributed by atoms with van der Waals surface area (Å²) in [7, 11) is 0. The van der Waals surface area contributed by atoms with Crippen LogP contribution in [0.2, 0.25) is 0 Å². The number of carbonyl (C=O) groups is 1. The van der Waals surface area contributed by atoms with Crippen LogP contribution in [0.3, 0.4) is 0 Å². The van der Waals surface area contributed by atoms with Crippen molar-refractivity contribution < 1.29 is 4.79 Å². The molecule has 0 N–H and O–H groups in total. The van der Waals surface area contributed by atoms with Crippen molar-refractivity contribution in [1.29, 1.82) is 0 Å². The largest absolute Gasteiger partial charge is 0.294 e. The number of ketones is 1. The Morgan fingerprint density at radius 1 is 1.27 bits per heavy atom. The Morgan fingerprint density at radius 2 is 2.07 bits per heavy atom. The Labute approximate surface area is 88.9 Å². The van der Waals surface area contributed by atoms with Crippen molar-refractivity contribution in [3.63, 3.8) is 0 Å². The van der Waals surface area contributed by atoms with Gasteiger partial charge >= 0.3 is 0 Å². The van der Waals surface area contributed by atoms with Crippen LogP contribution < -0.4 is 0 Å². The fraction of sp³-hybridized carbons (Fsp3) is 0.583. The molecule has 0 aliphatic heterocycles. The van der Waals surface area contributed by atoms with Gasteiger partial charge in [0.05, 0.1) is 17.0 Å². The minimum atomic E-state index is 0.240. The summed E-state index contributed by atoms with van der Waals surface area (Å²) in [5.41, 5.74) is 2.82. The van der Waals surface area contributed by atoms with Crippen molar-refractivity contribution in [2.75, 3.05) is 0 Å². The molecule has 3 heteroatoms. The summed E-state index contributed by atoms with van der Waals surface area (Å²) < 4.78 is 0. The van der Waals surface area contributed by atoms with Crippen LogP contribution in [0.15, 0.2) is 0 Å². The van der Waals surface area contributed by atoms with E-state index in [-0.39, 0.29) is 5.78 Å². The van der Waals surface area contributed by atoms with Gasteiger partial charge in [0.15, 0.2) is 5.78 Å². The Morgan fingerprint density at radius 3 is 2.73 bits per heavy atom. The second kappa shape index (κ2) is 3.12. The lowest BCUT2D eigenvalue weighted by molar-refractivity contribution is 0.0993. The average molecular weight is 202 g/mol. The maximum Gasteiger partial charge on any atom is 0.166 e. The third-order valence-electron chi connectivity index (χ3n) is 3.22. The molecule has 0 aromatic carbocycles. The van der Waals surface area contributed by atoms with E-state index in [1.807, 2.05) is 0 Å². The number of carbonyl (C=O) groups excluding carboxylic acids is 1. The van der Waals surface area contributed by atoms with Crippen molar-refractivity contribution in [2.24, 2.45) is 0 Å². The molecule has 0 spiro atoms. The number of fused-ring (bicyclic) bond motifs is 1. The van der Waals surface area contributed by atoms with E-state index < -0.39 is 0 Å². The summed E-state index contributed by atoms with van der Waals surface area (Å²) >= 11 is 0. The first-order chi connectivity index (χ1) is 7.29. The number of aryl methyl sites for hydroxylation is 2. The standard InChI is InChI=1S/C12H14N2O/c1-2-8-11-9(5-6-10(11)15)14-12(13-8)7-3-4-7/h7H,2-6H2,1H3. The van der Waals surface area contributed by atoms with Crippen molar-refractivity contribution in [3.05, 3.63) is 22.8 Å². The Kier molecular flexibility index (Phi) is 1.87. The molecule has 78 valence electrons. The summed E-state index contributed by atoms with van der Waals surface area (Å²) in [5, 5.41) is 0. The zero-order valence-electron chi connectivity index (χ0n) is 8.92. The lowest BCUT2D eigenvalue weighted by atomic mass is 10.1. The molecule has 2 aliphatic rings. The van der Waals surface area contributed by atoms with Crippen LogP contribution in [0.25, 0.3) is 0 Å². The number of Topliss-reactive ketones (excluding diaryl/α,β-unsaturated/α-hetero) is 1. The van der Waals surface area contributed by atoms with Gasteiger partial charge in [-0.05, 0) is 25.7 Å². The van der Waals surface area contributed by atoms with E-state index in [0.717, 1.165) is 35.6 Å².